The number of pyridine rings is 1. The van der Waals surface area contributed by atoms with Crippen molar-refractivity contribution in [3.05, 3.63) is 29.6 Å². The van der Waals surface area contributed by atoms with E-state index in [1.54, 1.807) is 0 Å². The maximum Gasteiger partial charge on any atom is 0.416 e. The Labute approximate surface area is 91.4 Å². The number of halogens is 3. The van der Waals surface area contributed by atoms with Gasteiger partial charge >= 0.3 is 6.18 Å². The average Bonchev–Trinajstić information content (AvgIpc) is 2.17. The van der Waals surface area contributed by atoms with Crippen LogP contribution in [0.15, 0.2) is 18.3 Å². The number of alkyl halides is 3. The maximum absolute atomic E-state index is 12.4. The van der Waals surface area contributed by atoms with Crippen molar-refractivity contribution in [2.45, 2.75) is 18.6 Å². The molecule has 6 heteroatoms. The van der Waals surface area contributed by atoms with Crippen LogP contribution in [0.1, 0.15) is 11.3 Å². The summed E-state index contributed by atoms with van der Waals surface area (Å²) < 4.78 is 41.9. The first-order chi connectivity index (χ1) is 7.43. The first kappa shape index (κ1) is 12.9. The van der Waals surface area contributed by atoms with Crippen molar-refractivity contribution in [3.8, 4) is 0 Å². The first-order valence-corrected chi connectivity index (χ1v) is 4.70. The van der Waals surface area contributed by atoms with Gasteiger partial charge in [0.25, 0.3) is 0 Å². The summed E-state index contributed by atoms with van der Waals surface area (Å²) in [6.45, 7) is 0.290. The summed E-state index contributed by atoms with van der Waals surface area (Å²) in [5.41, 5.74) is 5.24. The lowest BCUT2D eigenvalue weighted by atomic mass is 10.1. The molecule has 0 bridgehead atoms. The SMILES string of the molecule is COCC(N)Cc1cc(C(F)(F)F)ccn1. The molecule has 0 aliphatic heterocycles. The van der Waals surface area contributed by atoms with Gasteiger partial charge in [0.2, 0.25) is 0 Å². The molecule has 90 valence electrons. The fourth-order valence-electron chi connectivity index (χ4n) is 1.31. The molecular formula is C10H13F3N2O. The minimum absolute atomic E-state index is 0.262. The first-order valence-electron chi connectivity index (χ1n) is 4.70. The number of nitrogens with zero attached hydrogens (tertiary/aromatic N) is 1. The van der Waals surface area contributed by atoms with Crippen LogP contribution in [-0.4, -0.2) is 24.7 Å². The molecule has 1 aromatic rings. The van der Waals surface area contributed by atoms with Gasteiger partial charge in [0.15, 0.2) is 0 Å². The van der Waals surface area contributed by atoms with Crippen molar-refractivity contribution in [1.29, 1.82) is 0 Å². The molecule has 1 heterocycles. The lowest BCUT2D eigenvalue weighted by Gasteiger charge is -2.11. The number of ether oxygens (including phenoxy) is 1. The van der Waals surface area contributed by atoms with E-state index >= 15 is 0 Å². The highest BCUT2D eigenvalue weighted by atomic mass is 19.4. The molecule has 0 spiro atoms. The Morgan fingerprint density at radius 3 is 2.75 bits per heavy atom. The lowest BCUT2D eigenvalue weighted by Crippen LogP contribution is -2.28. The second-order valence-corrected chi connectivity index (χ2v) is 3.45. The summed E-state index contributed by atoms with van der Waals surface area (Å²) >= 11 is 0. The Bertz CT molecular complexity index is 341. The smallest absolute Gasteiger partial charge is 0.383 e. The molecule has 0 amide bonds. The quantitative estimate of drug-likeness (QED) is 0.861. The van der Waals surface area contributed by atoms with Crippen LogP contribution in [0.5, 0.6) is 0 Å². The van der Waals surface area contributed by atoms with E-state index in [2.05, 4.69) is 4.98 Å². The Balaban J connectivity index is 2.75. The third kappa shape index (κ3) is 3.79. The van der Waals surface area contributed by atoms with Gasteiger partial charge in [-0.2, -0.15) is 13.2 Å². The zero-order chi connectivity index (χ0) is 12.2. The van der Waals surface area contributed by atoms with Crippen LogP contribution in [0.4, 0.5) is 13.2 Å². The van der Waals surface area contributed by atoms with E-state index in [9.17, 15) is 13.2 Å². The second-order valence-electron chi connectivity index (χ2n) is 3.45. The molecule has 0 fully saturated rings. The molecule has 0 aromatic carbocycles. The van der Waals surface area contributed by atoms with Crippen LogP contribution in [0.2, 0.25) is 0 Å². The van der Waals surface area contributed by atoms with Crippen LogP contribution >= 0.6 is 0 Å². The topological polar surface area (TPSA) is 48.1 Å². The van der Waals surface area contributed by atoms with E-state index in [1.807, 2.05) is 0 Å². The van der Waals surface area contributed by atoms with Crippen molar-refractivity contribution in [2.75, 3.05) is 13.7 Å². The van der Waals surface area contributed by atoms with E-state index in [1.165, 1.54) is 7.11 Å². The number of hydrogen-bond donors (Lipinski definition) is 1. The monoisotopic (exact) mass is 234 g/mol. The number of aromatic nitrogens is 1. The summed E-state index contributed by atoms with van der Waals surface area (Å²) in [6, 6.07) is 1.60. The van der Waals surface area contributed by atoms with Gasteiger partial charge in [-0.1, -0.05) is 0 Å². The van der Waals surface area contributed by atoms with Gasteiger partial charge in [0.1, 0.15) is 0 Å². The Kier molecular flexibility index (Phi) is 4.26. The number of nitrogens with two attached hydrogens (primary N) is 1. The lowest BCUT2D eigenvalue weighted by molar-refractivity contribution is -0.137. The summed E-state index contributed by atoms with van der Waals surface area (Å²) in [6.07, 6.45) is -2.95. The highest BCUT2D eigenvalue weighted by Gasteiger charge is 2.30. The highest BCUT2D eigenvalue weighted by Crippen LogP contribution is 2.29. The van der Waals surface area contributed by atoms with E-state index in [0.717, 1.165) is 18.3 Å². The number of methoxy groups -OCH3 is 1. The van der Waals surface area contributed by atoms with Crippen LogP contribution in [0.25, 0.3) is 0 Å². The Hall–Kier alpha value is -1.14. The number of hydrogen-bond acceptors (Lipinski definition) is 3. The van der Waals surface area contributed by atoms with Crippen LogP contribution < -0.4 is 5.73 Å². The molecule has 1 aromatic heterocycles. The predicted octanol–water partition coefficient (Wildman–Crippen LogP) is 1.62. The normalized spacial score (nSPS) is 13.8. The van der Waals surface area contributed by atoms with Gasteiger partial charge in [0, 0.05) is 31.5 Å². The summed E-state index contributed by atoms with van der Waals surface area (Å²) in [5.74, 6) is 0. The number of rotatable bonds is 4. The molecule has 16 heavy (non-hydrogen) atoms. The van der Waals surface area contributed by atoms with Crippen molar-refractivity contribution in [1.82, 2.24) is 4.98 Å². The molecule has 3 nitrogen and oxygen atoms in total. The van der Waals surface area contributed by atoms with Gasteiger partial charge in [-0.25, -0.2) is 0 Å². The molecule has 0 saturated carbocycles. The van der Waals surface area contributed by atoms with Gasteiger partial charge in [0.05, 0.1) is 12.2 Å². The molecule has 1 atom stereocenters. The van der Waals surface area contributed by atoms with Crippen molar-refractivity contribution in [2.24, 2.45) is 5.73 Å². The summed E-state index contributed by atoms with van der Waals surface area (Å²) in [7, 11) is 1.49. The molecule has 0 radical (unpaired) electrons. The minimum Gasteiger partial charge on any atom is -0.383 e. The second kappa shape index (κ2) is 5.27. The van der Waals surface area contributed by atoms with E-state index < -0.39 is 11.7 Å². The Morgan fingerprint density at radius 2 is 2.19 bits per heavy atom. The average molecular weight is 234 g/mol. The fourth-order valence-corrected chi connectivity index (χ4v) is 1.31. The largest absolute Gasteiger partial charge is 0.416 e. The molecule has 0 aliphatic carbocycles. The minimum atomic E-state index is -4.34. The van der Waals surface area contributed by atoms with Crippen LogP contribution in [0, 0.1) is 0 Å². The van der Waals surface area contributed by atoms with E-state index in [-0.39, 0.29) is 19.1 Å². The molecule has 1 rings (SSSR count). The molecule has 0 aliphatic rings. The predicted molar refractivity (Wildman–Crippen MR) is 52.8 cm³/mol. The highest BCUT2D eigenvalue weighted by molar-refractivity contribution is 5.19. The Morgan fingerprint density at radius 1 is 1.50 bits per heavy atom. The van der Waals surface area contributed by atoms with Crippen molar-refractivity contribution in [3.63, 3.8) is 0 Å². The van der Waals surface area contributed by atoms with E-state index in [4.69, 9.17) is 10.5 Å². The van der Waals surface area contributed by atoms with Crippen molar-refractivity contribution >= 4 is 0 Å². The maximum atomic E-state index is 12.4. The molecule has 2 N–H and O–H groups in total. The third-order valence-corrected chi connectivity index (χ3v) is 2.00. The zero-order valence-electron chi connectivity index (χ0n) is 8.79. The zero-order valence-corrected chi connectivity index (χ0v) is 8.79. The van der Waals surface area contributed by atoms with Gasteiger partial charge in [-0.15, -0.1) is 0 Å². The molecule has 0 saturated heterocycles. The van der Waals surface area contributed by atoms with Gasteiger partial charge < -0.3 is 10.5 Å². The fraction of sp³-hybridized carbons (Fsp3) is 0.500. The third-order valence-electron chi connectivity index (χ3n) is 2.00. The van der Waals surface area contributed by atoms with Crippen molar-refractivity contribution < 1.29 is 17.9 Å². The van der Waals surface area contributed by atoms with Crippen LogP contribution in [0.3, 0.4) is 0 Å². The van der Waals surface area contributed by atoms with Gasteiger partial charge in [-0.3, -0.25) is 4.98 Å². The summed E-state index contributed by atoms with van der Waals surface area (Å²) in [5, 5.41) is 0. The standard InChI is InChI=1S/C10H13F3N2O/c1-16-6-8(14)5-9-4-7(2-3-15-9)10(11,12)13/h2-4,8H,5-6,14H2,1H3. The van der Waals surface area contributed by atoms with Crippen LogP contribution in [-0.2, 0) is 17.3 Å². The van der Waals surface area contributed by atoms with E-state index in [0.29, 0.717) is 5.69 Å². The van der Waals surface area contributed by atoms with Gasteiger partial charge in [-0.05, 0) is 12.1 Å². The molecule has 1 unspecified atom stereocenters. The molecular weight excluding hydrogens is 221 g/mol. The summed E-state index contributed by atoms with van der Waals surface area (Å²) in [4.78, 5) is 3.84.